The molecule has 0 bridgehead atoms. The molecule has 0 saturated carbocycles. The maximum Gasteiger partial charge on any atom is 0.137 e. The van der Waals surface area contributed by atoms with Crippen LogP contribution in [-0.2, 0) is 19.5 Å². The Morgan fingerprint density at radius 2 is 2.07 bits per heavy atom. The van der Waals surface area contributed by atoms with Crippen LogP contribution in [0.5, 0.6) is 0 Å². The van der Waals surface area contributed by atoms with Crippen LogP contribution in [0.2, 0.25) is 0 Å². The summed E-state index contributed by atoms with van der Waals surface area (Å²) < 4.78 is 2.23. The minimum Gasteiger partial charge on any atom is -0.311 e. The summed E-state index contributed by atoms with van der Waals surface area (Å²) in [5.74, 6) is 0. The fraction of sp³-hybridized carbons (Fsp3) is 0.500. The molecular formula is C24H34N6. The third kappa shape index (κ3) is 4.72. The van der Waals surface area contributed by atoms with E-state index in [1.54, 1.807) is 0 Å². The van der Waals surface area contributed by atoms with Crippen molar-refractivity contribution in [2.24, 2.45) is 0 Å². The number of pyridine rings is 2. The molecule has 0 fully saturated rings. The number of aromatic nitrogens is 3. The molecule has 1 aliphatic carbocycles. The van der Waals surface area contributed by atoms with Crippen LogP contribution < -0.4 is 5.32 Å². The molecule has 1 aliphatic rings. The van der Waals surface area contributed by atoms with Crippen LogP contribution >= 0.6 is 0 Å². The number of nitrogens with one attached hydrogen (secondary N) is 1. The molecule has 0 spiro atoms. The molecule has 3 heterocycles. The molecule has 0 radical (unpaired) electrons. The molecular weight excluding hydrogens is 372 g/mol. The molecule has 1 atom stereocenters. The summed E-state index contributed by atoms with van der Waals surface area (Å²) in [6.07, 6.45) is 8.72. The number of nitrogens with zero attached hydrogens (tertiary/aromatic N) is 5. The quantitative estimate of drug-likeness (QED) is 0.553. The molecule has 0 aliphatic heterocycles. The van der Waals surface area contributed by atoms with Gasteiger partial charge in [-0.3, -0.25) is 9.88 Å². The fourth-order valence-electron chi connectivity index (χ4n) is 4.50. The third-order valence-electron chi connectivity index (χ3n) is 6.06. The Labute approximate surface area is 179 Å². The summed E-state index contributed by atoms with van der Waals surface area (Å²) >= 11 is 0. The van der Waals surface area contributed by atoms with Crippen LogP contribution in [0.3, 0.4) is 0 Å². The second kappa shape index (κ2) is 9.69. The number of hydrogen-bond acceptors (Lipinski definition) is 5. The van der Waals surface area contributed by atoms with Crippen LogP contribution in [-0.4, -0.2) is 58.4 Å². The van der Waals surface area contributed by atoms with Crippen molar-refractivity contribution in [2.75, 3.05) is 34.2 Å². The highest BCUT2D eigenvalue weighted by molar-refractivity contribution is 5.43. The highest BCUT2D eigenvalue weighted by Gasteiger charge is 2.26. The van der Waals surface area contributed by atoms with E-state index in [0.29, 0.717) is 6.04 Å². The Bertz CT molecular complexity index is 963. The molecule has 3 aromatic heterocycles. The third-order valence-corrected chi connectivity index (χ3v) is 6.06. The average Bonchev–Trinajstić information content (AvgIpc) is 3.10. The zero-order chi connectivity index (χ0) is 20.9. The standard InChI is InChI=1S/C24H34N6/c1-28(2)15-8-13-25-17-22-20(27-23-12-4-5-16-30(22)23)18-29(3)21-11-6-9-19-10-7-14-26-24(19)21/h4-5,7,10,12,14,16,21,25H,6,8-9,11,13,15,17-18H2,1-3H3. The summed E-state index contributed by atoms with van der Waals surface area (Å²) in [6.45, 7) is 3.77. The molecule has 160 valence electrons. The summed E-state index contributed by atoms with van der Waals surface area (Å²) in [4.78, 5) is 14.4. The second-order valence-electron chi connectivity index (χ2n) is 8.64. The van der Waals surface area contributed by atoms with Crippen molar-refractivity contribution in [1.29, 1.82) is 0 Å². The molecule has 1 unspecified atom stereocenters. The van der Waals surface area contributed by atoms with E-state index in [1.165, 1.54) is 23.4 Å². The zero-order valence-corrected chi connectivity index (χ0v) is 18.5. The zero-order valence-electron chi connectivity index (χ0n) is 18.5. The van der Waals surface area contributed by atoms with Gasteiger partial charge in [-0.2, -0.15) is 0 Å². The van der Waals surface area contributed by atoms with Crippen molar-refractivity contribution in [3.05, 3.63) is 65.4 Å². The van der Waals surface area contributed by atoms with E-state index in [-0.39, 0.29) is 0 Å². The first-order valence-corrected chi connectivity index (χ1v) is 11.1. The highest BCUT2D eigenvalue weighted by Crippen LogP contribution is 2.33. The number of aryl methyl sites for hydroxylation is 1. The first kappa shape index (κ1) is 21.0. The van der Waals surface area contributed by atoms with E-state index in [4.69, 9.17) is 9.97 Å². The van der Waals surface area contributed by atoms with Crippen LogP contribution in [0.25, 0.3) is 5.65 Å². The van der Waals surface area contributed by atoms with Gasteiger partial charge in [0.15, 0.2) is 0 Å². The summed E-state index contributed by atoms with van der Waals surface area (Å²) in [7, 11) is 6.46. The SMILES string of the molecule is CN(C)CCCNCc1c(CN(C)C2CCCc3cccnc32)nc2ccccn12. The van der Waals surface area contributed by atoms with Crippen LogP contribution in [0, 0.1) is 0 Å². The fourth-order valence-corrected chi connectivity index (χ4v) is 4.50. The van der Waals surface area contributed by atoms with Crippen molar-refractivity contribution >= 4 is 5.65 Å². The van der Waals surface area contributed by atoms with Crippen molar-refractivity contribution in [3.8, 4) is 0 Å². The molecule has 0 aromatic carbocycles. The van der Waals surface area contributed by atoms with Crippen molar-refractivity contribution < 1.29 is 0 Å². The Morgan fingerprint density at radius 3 is 2.93 bits per heavy atom. The minimum absolute atomic E-state index is 0.362. The first-order chi connectivity index (χ1) is 14.6. The van der Waals surface area contributed by atoms with Crippen LogP contribution in [0.4, 0.5) is 0 Å². The normalized spacial score (nSPS) is 16.5. The molecule has 3 aromatic rings. The molecule has 30 heavy (non-hydrogen) atoms. The van der Waals surface area contributed by atoms with E-state index in [0.717, 1.165) is 56.8 Å². The number of rotatable bonds is 9. The van der Waals surface area contributed by atoms with Gasteiger partial charge in [-0.05, 0) is 83.7 Å². The first-order valence-electron chi connectivity index (χ1n) is 11.1. The predicted octanol–water partition coefficient (Wildman–Crippen LogP) is 3.28. The Balaban J connectivity index is 1.51. The lowest BCUT2D eigenvalue weighted by molar-refractivity contribution is 0.206. The smallest absolute Gasteiger partial charge is 0.137 e. The van der Waals surface area contributed by atoms with E-state index in [1.807, 2.05) is 6.20 Å². The lowest BCUT2D eigenvalue weighted by Crippen LogP contribution is -2.29. The Kier molecular flexibility index (Phi) is 6.77. The maximum absolute atomic E-state index is 4.98. The van der Waals surface area contributed by atoms with Gasteiger partial charge in [-0.25, -0.2) is 4.98 Å². The van der Waals surface area contributed by atoms with Crippen molar-refractivity contribution in [3.63, 3.8) is 0 Å². The molecule has 4 rings (SSSR count). The van der Waals surface area contributed by atoms with Gasteiger partial charge in [0.05, 0.1) is 23.1 Å². The molecule has 0 saturated heterocycles. The van der Waals surface area contributed by atoms with Gasteiger partial charge < -0.3 is 14.6 Å². The molecule has 0 amide bonds. The molecule has 6 nitrogen and oxygen atoms in total. The predicted molar refractivity (Wildman–Crippen MR) is 121 cm³/mol. The van der Waals surface area contributed by atoms with Gasteiger partial charge in [0.2, 0.25) is 0 Å². The summed E-state index contributed by atoms with van der Waals surface area (Å²) in [5.41, 5.74) is 6.09. The van der Waals surface area contributed by atoms with Crippen LogP contribution in [0.1, 0.15) is 47.9 Å². The lowest BCUT2D eigenvalue weighted by Gasteiger charge is -2.32. The largest absolute Gasteiger partial charge is 0.311 e. The monoisotopic (exact) mass is 406 g/mol. The van der Waals surface area contributed by atoms with Gasteiger partial charge >= 0.3 is 0 Å². The Hall–Kier alpha value is -2.28. The summed E-state index contributed by atoms with van der Waals surface area (Å²) in [6, 6.07) is 10.9. The van der Waals surface area contributed by atoms with E-state index >= 15 is 0 Å². The van der Waals surface area contributed by atoms with E-state index in [9.17, 15) is 0 Å². The second-order valence-corrected chi connectivity index (χ2v) is 8.64. The van der Waals surface area contributed by atoms with Gasteiger partial charge in [0.1, 0.15) is 5.65 Å². The topological polar surface area (TPSA) is 48.7 Å². The molecule has 6 heteroatoms. The maximum atomic E-state index is 4.98. The number of imidazole rings is 1. The van der Waals surface area contributed by atoms with E-state index < -0.39 is 0 Å². The summed E-state index contributed by atoms with van der Waals surface area (Å²) in [5, 5.41) is 3.63. The van der Waals surface area contributed by atoms with Crippen molar-refractivity contribution in [1.82, 2.24) is 29.5 Å². The highest BCUT2D eigenvalue weighted by atomic mass is 15.2. The van der Waals surface area contributed by atoms with E-state index in [2.05, 4.69) is 77.2 Å². The minimum atomic E-state index is 0.362. The average molecular weight is 407 g/mol. The number of fused-ring (bicyclic) bond motifs is 2. The van der Waals surface area contributed by atoms with Gasteiger partial charge in [-0.1, -0.05) is 12.1 Å². The lowest BCUT2D eigenvalue weighted by atomic mass is 9.91. The van der Waals surface area contributed by atoms with Crippen molar-refractivity contribution in [2.45, 2.75) is 44.8 Å². The molecule has 1 N–H and O–H groups in total. The van der Waals surface area contributed by atoms with Gasteiger partial charge in [0, 0.05) is 25.5 Å². The van der Waals surface area contributed by atoms with Gasteiger partial charge in [0.25, 0.3) is 0 Å². The van der Waals surface area contributed by atoms with Crippen LogP contribution in [0.15, 0.2) is 42.7 Å². The number of hydrogen-bond donors (Lipinski definition) is 1. The Morgan fingerprint density at radius 1 is 1.17 bits per heavy atom. The van der Waals surface area contributed by atoms with Gasteiger partial charge in [-0.15, -0.1) is 0 Å².